The Kier molecular flexibility index (Phi) is 6.58. The topological polar surface area (TPSA) is 85.2 Å². The number of ether oxygens (including phenoxy) is 1. The number of alkyl halides is 3. The molecule has 1 aliphatic carbocycles. The van der Waals surface area contributed by atoms with Crippen molar-refractivity contribution in [3.8, 4) is 0 Å². The minimum Gasteiger partial charge on any atom is -0.465 e. The van der Waals surface area contributed by atoms with Gasteiger partial charge in [0, 0.05) is 21.8 Å². The van der Waals surface area contributed by atoms with Crippen molar-refractivity contribution in [1.29, 1.82) is 0 Å². The van der Waals surface area contributed by atoms with E-state index in [0.717, 1.165) is 38.9 Å². The van der Waals surface area contributed by atoms with E-state index in [-0.39, 0.29) is 17.9 Å². The zero-order chi connectivity index (χ0) is 25.6. The number of halogens is 4. The number of aryl methyl sites for hydroxylation is 1. The fourth-order valence-corrected chi connectivity index (χ4v) is 6.27. The van der Waals surface area contributed by atoms with E-state index in [1.807, 2.05) is 0 Å². The van der Waals surface area contributed by atoms with Gasteiger partial charge in [-0.15, -0.1) is 11.3 Å². The summed E-state index contributed by atoms with van der Waals surface area (Å²) >= 11 is 4.64. The van der Waals surface area contributed by atoms with Gasteiger partial charge in [-0.1, -0.05) is 28.1 Å². The van der Waals surface area contributed by atoms with E-state index < -0.39 is 30.1 Å². The Labute approximate surface area is 217 Å². The number of anilines is 2. The molecule has 1 aromatic carbocycles. The van der Waals surface area contributed by atoms with Gasteiger partial charge >= 0.3 is 12.1 Å². The first-order chi connectivity index (χ1) is 17.2. The molecule has 5 rings (SSSR count). The van der Waals surface area contributed by atoms with Crippen molar-refractivity contribution >= 4 is 50.0 Å². The summed E-state index contributed by atoms with van der Waals surface area (Å²) in [6, 6.07) is 5.84. The predicted molar refractivity (Wildman–Crippen MR) is 133 cm³/mol. The highest BCUT2D eigenvalue weighted by Crippen LogP contribution is 2.44. The Balaban J connectivity index is 1.46. The monoisotopic (exact) mass is 582 g/mol. The van der Waals surface area contributed by atoms with Crippen LogP contribution in [0.5, 0.6) is 0 Å². The average Bonchev–Trinajstić information content (AvgIpc) is 3.44. The van der Waals surface area contributed by atoms with Crippen molar-refractivity contribution in [2.75, 3.05) is 17.7 Å². The van der Waals surface area contributed by atoms with Crippen LogP contribution in [0.25, 0.3) is 0 Å². The maximum absolute atomic E-state index is 14.0. The highest BCUT2D eigenvalue weighted by Gasteiger charge is 2.47. The van der Waals surface area contributed by atoms with Crippen LogP contribution in [0.2, 0.25) is 0 Å². The summed E-state index contributed by atoms with van der Waals surface area (Å²) in [5.74, 6) is -1.14. The number of amides is 1. The van der Waals surface area contributed by atoms with Crippen LogP contribution in [0, 0.1) is 0 Å². The standard InChI is InChI=1S/C24H22BrF3N4O3S/c1-35-23(34)20-14-4-2-3-5-17(14)36-22(20)30-21(33)16-11-19-29-15(12-6-8-13(25)9-7-12)10-18(24(26,27)28)32(19)31-16/h6-9,11,15,18,29H,2-5,10H2,1H3,(H,30,33)/t15-,18-/m0/s1. The number of rotatable bonds is 4. The highest BCUT2D eigenvalue weighted by atomic mass is 79.9. The molecule has 2 aromatic heterocycles. The second-order valence-electron chi connectivity index (χ2n) is 8.76. The Bertz CT molecular complexity index is 1320. The zero-order valence-corrected chi connectivity index (χ0v) is 21.5. The molecule has 0 saturated heterocycles. The van der Waals surface area contributed by atoms with Gasteiger partial charge in [0.25, 0.3) is 5.91 Å². The summed E-state index contributed by atoms with van der Waals surface area (Å²) in [6.45, 7) is 0. The summed E-state index contributed by atoms with van der Waals surface area (Å²) in [6.07, 6.45) is -1.41. The lowest BCUT2D eigenvalue weighted by atomic mass is 9.95. The molecule has 36 heavy (non-hydrogen) atoms. The molecule has 0 saturated carbocycles. The number of carbonyl (C=O) groups excluding carboxylic acids is 2. The largest absolute Gasteiger partial charge is 0.465 e. The first-order valence-electron chi connectivity index (χ1n) is 11.4. The summed E-state index contributed by atoms with van der Waals surface area (Å²) in [7, 11) is 1.27. The van der Waals surface area contributed by atoms with Crippen LogP contribution in [-0.4, -0.2) is 34.9 Å². The summed E-state index contributed by atoms with van der Waals surface area (Å²) in [5.41, 5.74) is 1.70. The molecule has 0 fully saturated rings. The quantitative estimate of drug-likeness (QED) is 0.353. The van der Waals surface area contributed by atoms with Crippen LogP contribution in [0.3, 0.4) is 0 Å². The first kappa shape index (κ1) is 24.8. The van der Waals surface area contributed by atoms with E-state index in [9.17, 15) is 22.8 Å². The van der Waals surface area contributed by atoms with Gasteiger partial charge in [0.1, 0.15) is 10.8 Å². The van der Waals surface area contributed by atoms with Crippen LogP contribution in [0.1, 0.15) is 68.2 Å². The fourth-order valence-electron chi connectivity index (χ4n) is 4.74. The van der Waals surface area contributed by atoms with Gasteiger partial charge in [0.05, 0.1) is 18.7 Å². The second-order valence-corrected chi connectivity index (χ2v) is 10.8. The number of nitrogens with zero attached hydrogens (tertiary/aromatic N) is 2. The van der Waals surface area contributed by atoms with Crippen molar-refractivity contribution in [3.05, 3.63) is 62.1 Å². The van der Waals surface area contributed by atoms with Crippen LogP contribution >= 0.6 is 27.3 Å². The van der Waals surface area contributed by atoms with Gasteiger partial charge in [-0.2, -0.15) is 18.3 Å². The van der Waals surface area contributed by atoms with Crippen LogP contribution in [0.4, 0.5) is 24.0 Å². The molecule has 2 N–H and O–H groups in total. The third kappa shape index (κ3) is 4.63. The molecule has 0 unspecified atom stereocenters. The van der Waals surface area contributed by atoms with E-state index in [1.54, 1.807) is 24.3 Å². The normalized spacial score (nSPS) is 19.1. The molecule has 190 valence electrons. The molecule has 0 spiro atoms. The van der Waals surface area contributed by atoms with E-state index >= 15 is 0 Å². The number of esters is 1. The van der Waals surface area contributed by atoms with Crippen LogP contribution < -0.4 is 10.6 Å². The second kappa shape index (κ2) is 9.55. The van der Waals surface area contributed by atoms with Crippen LogP contribution in [-0.2, 0) is 17.6 Å². The number of methoxy groups -OCH3 is 1. The Morgan fingerprint density at radius 1 is 1.22 bits per heavy atom. The number of carbonyl (C=O) groups is 2. The average molecular weight is 583 g/mol. The maximum Gasteiger partial charge on any atom is 0.410 e. The Morgan fingerprint density at radius 3 is 2.64 bits per heavy atom. The van der Waals surface area contributed by atoms with E-state index in [2.05, 4.69) is 31.7 Å². The van der Waals surface area contributed by atoms with Crippen molar-refractivity contribution < 1.29 is 27.5 Å². The van der Waals surface area contributed by atoms with Gasteiger partial charge in [-0.25, -0.2) is 9.48 Å². The lowest BCUT2D eigenvalue weighted by molar-refractivity contribution is -0.173. The number of hydrogen-bond donors (Lipinski definition) is 2. The lowest BCUT2D eigenvalue weighted by Gasteiger charge is -2.33. The summed E-state index contributed by atoms with van der Waals surface area (Å²) in [4.78, 5) is 26.6. The third-order valence-corrected chi connectivity index (χ3v) is 8.22. The molecular weight excluding hydrogens is 561 g/mol. The van der Waals surface area contributed by atoms with Crippen molar-refractivity contribution in [1.82, 2.24) is 9.78 Å². The van der Waals surface area contributed by atoms with Gasteiger partial charge in [-0.3, -0.25) is 4.79 Å². The Morgan fingerprint density at radius 2 is 1.94 bits per heavy atom. The number of fused-ring (bicyclic) bond motifs is 2. The number of hydrogen-bond acceptors (Lipinski definition) is 6. The lowest BCUT2D eigenvalue weighted by Crippen LogP contribution is -2.35. The minimum atomic E-state index is -4.56. The van der Waals surface area contributed by atoms with Crippen molar-refractivity contribution in [2.24, 2.45) is 0 Å². The van der Waals surface area contributed by atoms with Gasteiger partial charge in [0.2, 0.25) is 0 Å². The fraction of sp³-hybridized carbons (Fsp3) is 0.375. The molecule has 0 bridgehead atoms. The van der Waals surface area contributed by atoms with Crippen molar-refractivity contribution in [3.63, 3.8) is 0 Å². The maximum atomic E-state index is 14.0. The Hall–Kier alpha value is -2.86. The van der Waals surface area contributed by atoms with E-state index in [1.165, 1.54) is 24.5 Å². The molecule has 7 nitrogen and oxygen atoms in total. The SMILES string of the molecule is COC(=O)c1c(NC(=O)c2cc3n(n2)[C@H](C(F)(F)F)C[C@@H](c2ccc(Br)cc2)N3)sc2c1CCCC2. The molecule has 3 heterocycles. The first-order valence-corrected chi connectivity index (χ1v) is 13.0. The molecule has 0 radical (unpaired) electrons. The molecular formula is C24H22BrF3N4O3S. The molecule has 1 amide bonds. The van der Waals surface area contributed by atoms with Gasteiger partial charge in [-0.05, 0) is 48.9 Å². The number of benzene rings is 1. The molecule has 12 heteroatoms. The minimum absolute atomic E-state index is 0.0975. The third-order valence-electron chi connectivity index (χ3n) is 6.48. The zero-order valence-electron chi connectivity index (χ0n) is 19.1. The molecule has 1 aliphatic heterocycles. The van der Waals surface area contributed by atoms with E-state index in [0.29, 0.717) is 22.5 Å². The van der Waals surface area contributed by atoms with E-state index in [4.69, 9.17) is 4.74 Å². The molecule has 3 aromatic rings. The van der Waals surface area contributed by atoms with Crippen molar-refractivity contribution in [2.45, 2.75) is 50.4 Å². The van der Waals surface area contributed by atoms with Gasteiger partial charge in [0.15, 0.2) is 11.7 Å². The highest BCUT2D eigenvalue weighted by molar-refractivity contribution is 9.10. The van der Waals surface area contributed by atoms with Gasteiger partial charge < -0.3 is 15.4 Å². The smallest absolute Gasteiger partial charge is 0.410 e. The molecule has 2 aliphatic rings. The number of aromatic nitrogens is 2. The predicted octanol–water partition coefficient (Wildman–Crippen LogP) is 6.29. The molecule has 2 atom stereocenters. The van der Waals surface area contributed by atoms with Crippen LogP contribution in [0.15, 0.2) is 34.8 Å². The number of thiophene rings is 1. The summed E-state index contributed by atoms with van der Waals surface area (Å²) in [5, 5.41) is 10.1. The number of nitrogens with one attached hydrogen (secondary N) is 2. The summed E-state index contributed by atoms with van der Waals surface area (Å²) < 4.78 is 48.6.